The summed E-state index contributed by atoms with van der Waals surface area (Å²) in [5, 5.41) is 0. The molecule has 1 atom stereocenters. The predicted octanol–water partition coefficient (Wildman–Crippen LogP) is 5.43. The van der Waals surface area contributed by atoms with Crippen molar-refractivity contribution in [2.75, 3.05) is 31.1 Å². The first kappa shape index (κ1) is 19.2. The van der Waals surface area contributed by atoms with Crippen LogP contribution in [-0.4, -0.2) is 37.4 Å². The maximum atomic E-state index is 10.8. The van der Waals surface area contributed by atoms with Gasteiger partial charge in [-0.2, -0.15) is 0 Å². The lowest BCUT2D eigenvalue weighted by Crippen LogP contribution is -2.47. The Labute approximate surface area is 169 Å². The highest BCUT2D eigenvalue weighted by atomic mass is 16.1. The van der Waals surface area contributed by atoms with Crippen LogP contribution in [0.4, 0.5) is 5.69 Å². The third-order valence-electron chi connectivity index (χ3n) is 6.75. The molecule has 1 aliphatic carbocycles. The van der Waals surface area contributed by atoms with E-state index in [-0.39, 0.29) is 0 Å². The van der Waals surface area contributed by atoms with Gasteiger partial charge in [0.25, 0.3) is 0 Å². The molecule has 0 aromatic heterocycles. The monoisotopic (exact) mass is 376 g/mol. The topological polar surface area (TPSA) is 23.6 Å². The van der Waals surface area contributed by atoms with Crippen LogP contribution < -0.4 is 4.90 Å². The van der Waals surface area contributed by atoms with Gasteiger partial charge in [-0.05, 0) is 61.1 Å². The largest absolute Gasteiger partial charge is 0.369 e. The van der Waals surface area contributed by atoms with E-state index in [1.807, 2.05) is 12.1 Å². The van der Waals surface area contributed by atoms with E-state index in [1.165, 1.54) is 43.4 Å². The summed E-state index contributed by atoms with van der Waals surface area (Å²) in [5.74, 6) is 0.784. The van der Waals surface area contributed by atoms with Crippen LogP contribution in [0, 0.1) is 0 Å². The summed E-state index contributed by atoms with van der Waals surface area (Å²) in [6.45, 7) is 6.54. The number of aldehydes is 1. The number of hydrogen-bond acceptors (Lipinski definition) is 3. The van der Waals surface area contributed by atoms with Crippen molar-refractivity contribution >= 4 is 12.0 Å². The van der Waals surface area contributed by atoms with E-state index in [2.05, 4.69) is 53.1 Å². The average molecular weight is 377 g/mol. The molecule has 0 N–H and O–H groups in total. The summed E-state index contributed by atoms with van der Waals surface area (Å²) >= 11 is 0. The molecule has 3 nitrogen and oxygen atoms in total. The van der Waals surface area contributed by atoms with Gasteiger partial charge in [0.05, 0.1) is 0 Å². The molecule has 1 saturated heterocycles. The molecular weight excluding hydrogens is 344 g/mol. The van der Waals surface area contributed by atoms with Crippen LogP contribution in [0.25, 0.3) is 0 Å². The lowest BCUT2D eigenvalue weighted by atomic mass is 9.83. The molecule has 1 saturated carbocycles. The van der Waals surface area contributed by atoms with Crippen LogP contribution >= 0.6 is 0 Å². The summed E-state index contributed by atoms with van der Waals surface area (Å²) in [7, 11) is 0. The Morgan fingerprint density at radius 1 is 0.857 bits per heavy atom. The number of rotatable bonds is 5. The van der Waals surface area contributed by atoms with Gasteiger partial charge in [-0.15, -0.1) is 0 Å². The molecule has 3 heteroatoms. The SMILES string of the molecule is C[C@H](c1ccc(C2CCCCC2)cc1)N1CCN(c2ccc(C=O)cc2)CC1. The lowest BCUT2D eigenvalue weighted by molar-refractivity contribution is 0.112. The van der Waals surface area contributed by atoms with Crippen molar-refractivity contribution in [3.8, 4) is 0 Å². The fraction of sp³-hybridized carbons (Fsp3) is 0.480. The Morgan fingerprint density at radius 3 is 2.11 bits per heavy atom. The standard InChI is InChI=1S/C25H32N2O/c1-20(22-9-11-24(12-10-22)23-5-3-2-4-6-23)26-15-17-27(18-16-26)25-13-7-21(19-28)8-14-25/h7-14,19-20,23H,2-6,15-18H2,1H3/t20-/m1/s1. The van der Waals surface area contributed by atoms with Crippen LogP contribution in [0.2, 0.25) is 0 Å². The summed E-state index contributed by atoms with van der Waals surface area (Å²) in [4.78, 5) is 15.8. The second-order valence-electron chi connectivity index (χ2n) is 8.41. The molecule has 0 amide bonds. The third kappa shape index (κ3) is 4.30. The summed E-state index contributed by atoms with van der Waals surface area (Å²) in [6.07, 6.45) is 7.84. The minimum Gasteiger partial charge on any atom is -0.369 e. The molecule has 0 radical (unpaired) electrons. The first-order valence-electron chi connectivity index (χ1n) is 10.9. The molecule has 4 rings (SSSR count). The predicted molar refractivity (Wildman–Crippen MR) is 116 cm³/mol. The fourth-order valence-corrected chi connectivity index (χ4v) is 4.82. The van der Waals surface area contributed by atoms with Crippen molar-refractivity contribution < 1.29 is 4.79 Å². The van der Waals surface area contributed by atoms with E-state index < -0.39 is 0 Å². The maximum Gasteiger partial charge on any atom is 0.150 e. The molecule has 0 bridgehead atoms. The molecule has 0 unspecified atom stereocenters. The average Bonchev–Trinajstić information content (AvgIpc) is 2.79. The summed E-state index contributed by atoms with van der Waals surface area (Å²) in [6, 6.07) is 17.9. The van der Waals surface area contributed by atoms with Gasteiger partial charge < -0.3 is 4.90 Å². The van der Waals surface area contributed by atoms with Gasteiger partial charge in [-0.3, -0.25) is 9.69 Å². The van der Waals surface area contributed by atoms with E-state index in [0.29, 0.717) is 6.04 Å². The third-order valence-corrected chi connectivity index (χ3v) is 6.75. The first-order valence-corrected chi connectivity index (χ1v) is 10.9. The number of piperazine rings is 1. The highest BCUT2D eigenvalue weighted by Gasteiger charge is 2.23. The molecule has 148 valence electrons. The molecular formula is C25H32N2O. The molecule has 2 aliphatic rings. The second kappa shape index (κ2) is 8.91. The van der Waals surface area contributed by atoms with Crippen molar-refractivity contribution in [1.29, 1.82) is 0 Å². The number of benzene rings is 2. The Morgan fingerprint density at radius 2 is 1.50 bits per heavy atom. The fourth-order valence-electron chi connectivity index (χ4n) is 4.82. The molecule has 2 aromatic rings. The Bertz CT molecular complexity index is 754. The van der Waals surface area contributed by atoms with E-state index in [4.69, 9.17) is 0 Å². The van der Waals surface area contributed by atoms with Gasteiger partial charge in [0.2, 0.25) is 0 Å². The van der Waals surface area contributed by atoms with Gasteiger partial charge in [0, 0.05) is 43.5 Å². The number of nitrogens with zero attached hydrogens (tertiary/aromatic N) is 2. The van der Waals surface area contributed by atoms with Crippen molar-refractivity contribution in [2.45, 2.75) is 51.0 Å². The number of carbonyl (C=O) groups is 1. The van der Waals surface area contributed by atoms with Crippen LogP contribution in [0.3, 0.4) is 0 Å². The quantitative estimate of drug-likeness (QED) is 0.650. The van der Waals surface area contributed by atoms with E-state index in [1.54, 1.807) is 5.56 Å². The zero-order valence-electron chi connectivity index (χ0n) is 17.0. The molecule has 2 fully saturated rings. The normalized spacial score (nSPS) is 20.1. The lowest BCUT2D eigenvalue weighted by Gasteiger charge is -2.39. The van der Waals surface area contributed by atoms with E-state index in [0.717, 1.165) is 43.9 Å². The van der Waals surface area contributed by atoms with Crippen molar-refractivity contribution in [1.82, 2.24) is 4.90 Å². The Balaban J connectivity index is 1.34. The van der Waals surface area contributed by atoms with Crippen molar-refractivity contribution in [3.63, 3.8) is 0 Å². The highest BCUT2D eigenvalue weighted by Crippen LogP contribution is 2.33. The van der Waals surface area contributed by atoms with Gasteiger partial charge in [0.1, 0.15) is 6.29 Å². The highest BCUT2D eigenvalue weighted by molar-refractivity contribution is 5.75. The number of carbonyl (C=O) groups excluding carboxylic acids is 1. The molecule has 1 heterocycles. The van der Waals surface area contributed by atoms with Crippen LogP contribution in [0.1, 0.15) is 72.5 Å². The molecule has 28 heavy (non-hydrogen) atoms. The number of anilines is 1. The molecule has 0 spiro atoms. The van der Waals surface area contributed by atoms with Gasteiger partial charge in [-0.1, -0.05) is 43.5 Å². The second-order valence-corrected chi connectivity index (χ2v) is 8.41. The smallest absolute Gasteiger partial charge is 0.150 e. The van der Waals surface area contributed by atoms with Crippen LogP contribution in [0.15, 0.2) is 48.5 Å². The van der Waals surface area contributed by atoms with E-state index in [9.17, 15) is 4.79 Å². The van der Waals surface area contributed by atoms with Crippen molar-refractivity contribution in [2.24, 2.45) is 0 Å². The molecule has 2 aromatic carbocycles. The van der Waals surface area contributed by atoms with Crippen molar-refractivity contribution in [3.05, 3.63) is 65.2 Å². The van der Waals surface area contributed by atoms with Crippen LogP contribution in [-0.2, 0) is 0 Å². The Kier molecular flexibility index (Phi) is 6.11. The molecule has 1 aliphatic heterocycles. The zero-order valence-corrected chi connectivity index (χ0v) is 17.0. The van der Waals surface area contributed by atoms with E-state index >= 15 is 0 Å². The maximum absolute atomic E-state index is 10.8. The minimum absolute atomic E-state index is 0.458. The van der Waals surface area contributed by atoms with Gasteiger partial charge in [-0.25, -0.2) is 0 Å². The van der Waals surface area contributed by atoms with Gasteiger partial charge >= 0.3 is 0 Å². The minimum atomic E-state index is 0.458. The zero-order chi connectivity index (χ0) is 19.3. The van der Waals surface area contributed by atoms with Gasteiger partial charge in [0.15, 0.2) is 0 Å². The summed E-state index contributed by atoms with van der Waals surface area (Å²) < 4.78 is 0. The Hall–Kier alpha value is -2.13. The number of hydrogen-bond donors (Lipinski definition) is 0. The first-order chi connectivity index (χ1) is 13.7. The summed E-state index contributed by atoms with van der Waals surface area (Å²) in [5.41, 5.74) is 4.94. The van der Waals surface area contributed by atoms with Crippen LogP contribution in [0.5, 0.6) is 0 Å².